The molecular weight excluding hydrogens is 1480 g/mol. The third kappa shape index (κ3) is 13.6. The number of alkyl halides is 3. The largest absolute Gasteiger partial charge is 0.439 e. The molecule has 16 nitrogen and oxygen atoms in total. The second-order valence-electron chi connectivity index (χ2n) is 35.5. The van der Waals surface area contributed by atoms with Crippen LogP contribution in [0.1, 0.15) is 163 Å². The van der Waals surface area contributed by atoms with Gasteiger partial charge in [-0.3, -0.25) is 0 Å². The van der Waals surface area contributed by atoms with Gasteiger partial charge in [0.1, 0.15) is 36.6 Å². The molecule has 5 atom stereocenters. The summed E-state index contributed by atoms with van der Waals surface area (Å²) in [5.41, 5.74) is 26.1. The molecule has 608 valence electrons. The lowest BCUT2D eigenvalue weighted by Gasteiger charge is -2.30. The highest BCUT2D eigenvalue weighted by molar-refractivity contribution is 5.91. The highest BCUT2D eigenvalue weighted by Crippen LogP contribution is 2.56. The number of benzene rings is 7. The van der Waals surface area contributed by atoms with Gasteiger partial charge in [0, 0.05) is 124 Å². The summed E-state index contributed by atoms with van der Waals surface area (Å²) in [6, 6.07) is 74.6. The number of nitrogens with zero attached hydrogens (tertiary/aromatic N) is 15. The molecule has 0 fully saturated rings. The summed E-state index contributed by atoms with van der Waals surface area (Å²) in [5, 5.41) is 0. The number of anilines is 15. The van der Waals surface area contributed by atoms with Gasteiger partial charge in [-0.2, -0.15) is 18.2 Å². The van der Waals surface area contributed by atoms with Crippen molar-refractivity contribution in [2.24, 2.45) is 0 Å². The molecule has 0 saturated carbocycles. The molecule has 19 heteroatoms. The topological polar surface area (TPSA) is 106 Å². The molecule has 0 radical (unpaired) electrons. The fraction of sp³-hybridized carbons (Fsp3) is 0.330. The molecule has 119 heavy (non-hydrogen) atoms. The number of hydrogen-bond donors (Lipinski definition) is 0. The summed E-state index contributed by atoms with van der Waals surface area (Å²) in [6.07, 6.45) is 6.66. The van der Waals surface area contributed by atoms with Gasteiger partial charge in [0.2, 0.25) is 5.88 Å². The number of hydrogen-bond acceptors (Lipinski definition) is 16. The van der Waals surface area contributed by atoms with Gasteiger partial charge in [-0.05, 0) is 192 Å². The van der Waals surface area contributed by atoms with Crippen LogP contribution in [-0.4, -0.2) is 89.0 Å². The summed E-state index contributed by atoms with van der Waals surface area (Å²) in [4.78, 5) is 46.7. The zero-order valence-corrected chi connectivity index (χ0v) is 71.0. The Morgan fingerprint density at radius 2 is 0.748 bits per heavy atom. The predicted molar refractivity (Wildman–Crippen MR) is 480 cm³/mol. The minimum absolute atomic E-state index is 0.00776. The SMILES string of the molecule is CC(C)N1c2ccc(Oc3ccccc3)nc2N2c3ccccc3CC21.CC(C)c1cc(C(C)C)c(-c2ccc3c(n2)N2c4ccccc4CC2N3C(C)C)c(C(C)C)c1.CN1c2cc(C(F)(F)F)cnc2N2c3ccccc3CC12.CN1c2cccnc2N2c3ccc(C(C)(C)C)cc3CC12.CN1c2cccnc2N2c3ccccc3CC12. The van der Waals surface area contributed by atoms with E-state index >= 15 is 0 Å². The normalized spacial score (nSPS) is 18.3. The van der Waals surface area contributed by atoms with Crippen LogP contribution in [0, 0.1) is 0 Å². The van der Waals surface area contributed by atoms with Crippen LogP contribution in [0.3, 0.4) is 0 Å². The van der Waals surface area contributed by atoms with E-state index in [0.29, 0.717) is 71.9 Å². The van der Waals surface area contributed by atoms with E-state index in [2.05, 4.69) is 292 Å². The average molecular weight is 1590 g/mol. The van der Waals surface area contributed by atoms with E-state index in [1.807, 2.05) is 102 Å². The Hall–Kier alpha value is -12.1. The third-order valence-electron chi connectivity index (χ3n) is 25.4. The fourth-order valence-electron chi connectivity index (χ4n) is 19.5. The Labute approximate surface area is 698 Å². The number of rotatable bonds is 8. The van der Waals surface area contributed by atoms with Crippen LogP contribution in [-0.2, 0) is 43.7 Å². The van der Waals surface area contributed by atoms with E-state index in [0.717, 1.165) is 78.7 Å². The molecule has 0 amide bonds. The molecule has 0 saturated heterocycles. The van der Waals surface area contributed by atoms with Gasteiger partial charge >= 0.3 is 6.18 Å². The van der Waals surface area contributed by atoms with Crippen LogP contribution in [0.25, 0.3) is 11.3 Å². The second-order valence-corrected chi connectivity index (χ2v) is 35.5. The molecular formula is C100H106F3N15O. The van der Waals surface area contributed by atoms with Crippen molar-refractivity contribution in [2.75, 3.05) is 70.1 Å². The van der Waals surface area contributed by atoms with Gasteiger partial charge in [0.25, 0.3) is 0 Å². The van der Waals surface area contributed by atoms with Crippen molar-refractivity contribution in [2.45, 2.75) is 194 Å². The van der Waals surface area contributed by atoms with Crippen molar-refractivity contribution in [3.05, 3.63) is 287 Å². The predicted octanol–water partition coefficient (Wildman–Crippen LogP) is 23.5. The van der Waals surface area contributed by atoms with Gasteiger partial charge in [-0.25, -0.2) is 19.9 Å². The van der Waals surface area contributed by atoms with Crippen molar-refractivity contribution in [3.63, 3.8) is 0 Å². The summed E-state index contributed by atoms with van der Waals surface area (Å²) >= 11 is 0. The van der Waals surface area contributed by atoms with Crippen LogP contribution in [0.15, 0.2) is 231 Å². The van der Waals surface area contributed by atoms with E-state index in [1.54, 1.807) is 0 Å². The maximum absolute atomic E-state index is 12.8. The minimum atomic E-state index is -4.37. The smallest absolute Gasteiger partial charge is 0.417 e. The number of ether oxygens (including phenoxy) is 1. The second kappa shape index (κ2) is 30.4. The molecule has 0 bridgehead atoms. The Balaban J connectivity index is 0.000000104. The van der Waals surface area contributed by atoms with Crippen LogP contribution in [0.5, 0.6) is 11.6 Å². The molecule has 22 rings (SSSR count). The zero-order valence-electron chi connectivity index (χ0n) is 71.0. The van der Waals surface area contributed by atoms with E-state index in [-0.39, 0.29) is 11.6 Å². The number of aromatic nitrogens is 5. The van der Waals surface area contributed by atoms with Gasteiger partial charge in [-0.15, -0.1) is 0 Å². The maximum Gasteiger partial charge on any atom is 0.417 e. The zero-order chi connectivity index (χ0) is 82.9. The number of fused-ring (bicyclic) bond motifs is 25. The van der Waals surface area contributed by atoms with Crippen molar-refractivity contribution in [1.29, 1.82) is 0 Å². The first-order valence-corrected chi connectivity index (χ1v) is 42.3. The Morgan fingerprint density at radius 1 is 0.353 bits per heavy atom. The number of pyridine rings is 5. The monoisotopic (exact) mass is 1590 g/mol. The highest BCUT2D eigenvalue weighted by Gasteiger charge is 2.49. The highest BCUT2D eigenvalue weighted by atomic mass is 19.4. The molecule has 10 aliphatic rings. The van der Waals surface area contributed by atoms with Crippen LogP contribution < -0.4 is 53.7 Å². The van der Waals surface area contributed by atoms with Crippen LogP contribution in [0.4, 0.5) is 99.1 Å². The molecule has 12 aromatic rings. The average Bonchev–Trinajstić information content (AvgIpc) is 1.64. The quantitative estimate of drug-likeness (QED) is 0.144. The molecule has 5 unspecified atom stereocenters. The van der Waals surface area contributed by atoms with Gasteiger partial charge in [0.05, 0.1) is 39.7 Å². The lowest BCUT2D eigenvalue weighted by atomic mass is 9.83. The van der Waals surface area contributed by atoms with Gasteiger partial charge in [-0.1, -0.05) is 178 Å². The molecule has 5 aromatic heterocycles. The summed E-state index contributed by atoms with van der Waals surface area (Å²) in [6.45, 7) is 29.7. The fourth-order valence-corrected chi connectivity index (χ4v) is 19.5. The Bertz CT molecular complexity index is 5810. The lowest BCUT2D eigenvalue weighted by Crippen LogP contribution is -2.43. The first-order chi connectivity index (χ1) is 57.2. The standard InChI is InChI=1S/C31H39N3.C22H21N3O.C18H21N3.C15H12F3N3.C14H13N3/c1-18(2)23-15-24(19(3)4)30(25(16-23)20(5)6)26-13-14-28-31(32-26)34-27-12-10-9-11-22(27)17-29(34)33(28)21(7)8;1-15(2)24-19-12-13-20(26-17-9-4-3-5-10-17)23-22(19)25-18-11-7-6-8-16(18)14-21(24)25;1-18(2,3)13-7-8-14-12(10-13)11-16-20(4)15-6-5-9-19-17(15)21(14)16;1-20-12-7-10(15(16,17)18)8-19-14(12)21-11-5-3-2-4-9(11)6-13(20)21;1-16-12-7-4-8-15-14(12)17-11-6-3-2-5-10(11)9-13(16)17/h9-16,18-21,29H,17H2,1-8H3;3-13,15,21H,14H2,1-2H3;5-10,16H,11H2,1-4H3;2-5,7-8,13H,6H2,1H3;2-8,13H,9H2,1H3. The van der Waals surface area contributed by atoms with Crippen molar-refractivity contribution >= 4 is 86.0 Å². The van der Waals surface area contributed by atoms with Gasteiger partial charge < -0.3 is 53.7 Å². The van der Waals surface area contributed by atoms with Crippen molar-refractivity contribution < 1.29 is 17.9 Å². The van der Waals surface area contributed by atoms with Crippen molar-refractivity contribution in [1.82, 2.24) is 24.9 Å². The Kier molecular flexibility index (Phi) is 19.9. The van der Waals surface area contributed by atoms with Crippen molar-refractivity contribution in [3.8, 4) is 22.9 Å². The number of likely N-dealkylation sites (N-methyl/N-ethyl adjacent to an activating group) is 3. The Morgan fingerprint density at radius 3 is 1.20 bits per heavy atom. The third-order valence-corrected chi connectivity index (χ3v) is 25.4. The summed E-state index contributed by atoms with van der Waals surface area (Å²) in [5.74, 6) is 7.69. The number of halogens is 3. The van der Waals surface area contributed by atoms with Gasteiger partial charge in [0.15, 0.2) is 29.1 Å². The van der Waals surface area contributed by atoms with E-state index in [1.165, 1.54) is 107 Å². The van der Waals surface area contributed by atoms with E-state index in [9.17, 15) is 13.2 Å². The molecule has 0 spiro atoms. The van der Waals surface area contributed by atoms with Crippen LogP contribution >= 0.6 is 0 Å². The molecule has 7 aromatic carbocycles. The first-order valence-electron chi connectivity index (χ1n) is 42.3. The summed E-state index contributed by atoms with van der Waals surface area (Å²) < 4.78 is 44.5. The molecule has 10 aliphatic heterocycles. The lowest BCUT2D eigenvalue weighted by molar-refractivity contribution is -0.137. The molecule has 0 N–H and O–H groups in total. The van der Waals surface area contributed by atoms with E-state index < -0.39 is 11.7 Å². The first kappa shape index (κ1) is 78.1. The molecule has 0 aliphatic carbocycles. The number of para-hydroxylation sites is 5. The molecule has 15 heterocycles. The maximum atomic E-state index is 12.8. The summed E-state index contributed by atoms with van der Waals surface area (Å²) in [7, 11) is 6.13. The minimum Gasteiger partial charge on any atom is -0.439 e. The van der Waals surface area contributed by atoms with Crippen LogP contribution in [0.2, 0.25) is 0 Å². The van der Waals surface area contributed by atoms with E-state index in [4.69, 9.17) is 14.7 Å².